The molecule has 1 aromatic carbocycles. The highest BCUT2D eigenvalue weighted by atomic mass is 16.5. The van der Waals surface area contributed by atoms with E-state index in [4.69, 9.17) is 9.47 Å². The van der Waals surface area contributed by atoms with E-state index < -0.39 is 5.60 Å². The van der Waals surface area contributed by atoms with Gasteiger partial charge in [-0.2, -0.15) is 0 Å². The number of methoxy groups -OCH3 is 2. The molecule has 0 aliphatic heterocycles. The molecule has 0 amide bonds. The molecule has 0 saturated heterocycles. The summed E-state index contributed by atoms with van der Waals surface area (Å²) in [7, 11) is 3.30. The van der Waals surface area contributed by atoms with E-state index in [0.717, 1.165) is 35.5 Å². The monoisotopic (exact) mass is 222 g/mol. The quantitative estimate of drug-likeness (QED) is 0.847. The van der Waals surface area contributed by atoms with Crippen LogP contribution in [0, 0.1) is 6.92 Å². The van der Waals surface area contributed by atoms with Gasteiger partial charge in [0.25, 0.3) is 0 Å². The fraction of sp³-hybridized carbons (Fsp3) is 0.538. The van der Waals surface area contributed by atoms with E-state index in [1.807, 2.05) is 19.1 Å². The van der Waals surface area contributed by atoms with Gasteiger partial charge in [0.2, 0.25) is 0 Å². The first-order chi connectivity index (χ1) is 7.59. The number of ether oxygens (including phenoxy) is 2. The molecule has 3 heteroatoms. The van der Waals surface area contributed by atoms with Gasteiger partial charge in [-0.15, -0.1) is 0 Å². The predicted molar refractivity (Wildman–Crippen MR) is 62.2 cm³/mol. The van der Waals surface area contributed by atoms with Crippen molar-refractivity contribution in [2.24, 2.45) is 0 Å². The third-order valence-corrected chi connectivity index (χ3v) is 3.17. The van der Waals surface area contributed by atoms with Crippen molar-refractivity contribution in [3.8, 4) is 11.5 Å². The maximum Gasteiger partial charge on any atom is 0.128 e. The van der Waals surface area contributed by atoms with Gasteiger partial charge in [-0.3, -0.25) is 0 Å². The number of aliphatic hydroxyl groups is 1. The van der Waals surface area contributed by atoms with Crippen molar-refractivity contribution in [2.75, 3.05) is 14.2 Å². The van der Waals surface area contributed by atoms with Crippen LogP contribution in [0.2, 0.25) is 0 Å². The Bertz CT molecular complexity index is 394. The van der Waals surface area contributed by atoms with Crippen molar-refractivity contribution in [2.45, 2.75) is 31.8 Å². The van der Waals surface area contributed by atoms with E-state index in [-0.39, 0.29) is 0 Å². The molecule has 1 fully saturated rings. The zero-order valence-corrected chi connectivity index (χ0v) is 10.0. The lowest BCUT2D eigenvalue weighted by Gasteiger charge is -2.17. The summed E-state index contributed by atoms with van der Waals surface area (Å²) in [4.78, 5) is 0. The molecule has 0 spiro atoms. The van der Waals surface area contributed by atoms with Gasteiger partial charge in [0.05, 0.1) is 19.8 Å². The minimum absolute atomic E-state index is 0.533. The molecule has 2 rings (SSSR count). The Hall–Kier alpha value is -1.22. The number of rotatable bonds is 4. The van der Waals surface area contributed by atoms with Gasteiger partial charge in [0.1, 0.15) is 11.5 Å². The molecule has 1 aromatic rings. The second-order valence-corrected chi connectivity index (χ2v) is 4.50. The molecule has 1 aliphatic carbocycles. The second kappa shape index (κ2) is 3.98. The first kappa shape index (κ1) is 11.3. The maximum absolute atomic E-state index is 10.0. The highest BCUT2D eigenvalue weighted by Crippen LogP contribution is 2.43. The van der Waals surface area contributed by atoms with Crippen LogP contribution >= 0.6 is 0 Å². The van der Waals surface area contributed by atoms with Crippen molar-refractivity contribution in [3.05, 3.63) is 23.3 Å². The second-order valence-electron chi connectivity index (χ2n) is 4.50. The molecule has 0 heterocycles. The van der Waals surface area contributed by atoms with Crippen LogP contribution in [0.4, 0.5) is 0 Å². The Balaban J connectivity index is 2.41. The summed E-state index contributed by atoms with van der Waals surface area (Å²) in [6.45, 7) is 2.00. The molecule has 0 atom stereocenters. The third kappa shape index (κ3) is 2.00. The summed E-state index contributed by atoms with van der Waals surface area (Å²) < 4.78 is 10.7. The lowest BCUT2D eigenvalue weighted by Crippen LogP contribution is -2.13. The minimum Gasteiger partial charge on any atom is -0.496 e. The van der Waals surface area contributed by atoms with Gasteiger partial charge in [0.15, 0.2) is 0 Å². The largest absolute Gasteiger partial charge is 0.496 e. The zero-order valence-electron chi connectivity index (χ0n) is 10.0. The molecule has 88 valence electrons. The van der Waals surface area contributed by atoms with Gasteiger partial charge in [0, 0.05) is 12.0 Å². The van der Waals surface area contributed by atoms with Gasteiger partial charge in [-0.1, -0.05) is 6.07 Å². The molecule has 0 radical (unpaired) electrons. The highest BCUT2D eigenvalue weighted by Gasteiger charge is 2.41. The minimum atomic E-state index is -0.533. The van der Waals surface area contributed by atoms with Crippen molar-refractivity contribution < 1.29 is 14.6 Å². The molecule has 1 saturated carbocycles. The topological polar surface area (TPSA) is 38.7 Å². The number of benzene rings is 1. The van der Waals surface area contributed by atoms with Crippen LogP contribution in [0.15, 0.2) is 12.1 Å². The van der Waals surface area contributed by atoms with Gasteiger partial charge < -0.3 is 14.6 Å². The zero-order chi connectivity index (χ0) is 11.8. The van der Waals surface area contributed by atoms with Crippen LogP contribution in [0.5, 0.6) is 11.5 Å². The average molecular weight is 222 g/mol. The van der Waals surface area contributed by atoms with E-state index in [2.05, 4.69) is 0 Å². The summed E-state index contributed by atoms with van der Waals surface area (Å²) in [6.07, 6.45) is 2.35. The van der Waals surface area contributed by atoms with Crippen LogP contribution < -0.4 is 9.47 Å². The summed E-state index contributed by atoms with van der Waals surface area (Å²) in [5.41, 5.74) is 1.52. The maximum atomic E-state index is 10.0. The summed E-state index contributed by atoms with van der Waals surface area (Å²) in [5, 5.41) is 10.0. The van der Waals surface area contributed by atoms with E-state index in [0.29, 0.717) is 6.42 Å². The molecular weight excluding hydrogens is 204 g/mol. The predicted octanol–water partition coefficient (Wildman–Crippen LogP) is 2.08. The highest BCUT2D eigenvalue weighted by molar-refractivity contribution is 5.50. The Morgan fingerprint density at radius 3 is 2.44 bits per heavy atom. The fourth-order valence-corrected chi connectivity index (χ4v) is 2.02. The Morgan fingerprint density at radius 1 is 1.25 bits per heavy atom. The molecule has 0 bridgehead atoms. The van der Waals surface area contributed by atoms with E-state index in [1.54, 1.807) is 14.2 Å². The molecule has 0 aromatic heterocycles. The smallest absolute Gasteiger partial charge is 0.128 e. The van der Waals surface area contributed by atoms with Crippen LogP contribution in [-0.2, 0) is 6.42 Å². The lowest BCUT2D eigenvalue weighted by atomic mass is 10.0. The van der Waals surface area contributed by atoms with Crippen LogP contribution in [0.3, 0.4) is 0 Å². The van der Waals surface area contributed by atoms with Gasteiger partial charge in [-0.25, -0.2) is 0 Å². The number of aryl methyl sites for hydroxylation is 1. The molecule has 16 heavy (non-hydrogen) atoms. The van der Waals surface area contributed by atoms with E-state index in [1.165, 1.54) is 0 Å². The van der Waals surface area contributed by atoms with E-state index >= 15 is 0 Å². The molecule has 0 unspecified atom stereocenters. The average Bonchev–Trinajstić information content (AvgIpc) is 2.97. The van der Waals surface area contributed by atoms with Crippen molar-refractivity contribution in [1.82, 2.24) is 0 Å². The number of hydrogen-bond donors (Lipinski definition) is 1. The van der Waals surface area contributed by atoms with E-state index in [9.17, 15) is 5.11 Å². The Morgan fingerprint density at radius 2 is 1.94 bits per heavy atom. The van der Waals surface area contributed by atoms with Crippen molar-refractivity contribution in [3.63, 3.8) is 0 Å². The first-order valence-electron chi connectivity index (χ1n) is 5.52. The molecule has 1 aliphatic rings. The molecule has 3 nitrogen and oxygen atoms in total. The lowest BCUT2D eigenvalue weighted by molar-refractivity contribution is 0.148. The Kier molecular flexibility index (Phi) is 2.80. The van der Waals surface area contributed by atoms with Gasteiger partial charge >= 0.3 is 0 Å². The van der Waals surface area contributed by atoms with Crippen molar-refractivity contribution in [1.29, 1.82) is 0 Å². The van der Waals surface area contributed by atoms with Crippen molar-refractivity contribution >= 4 is 0 Å². The van der Waals surface area contributed by atoms with Crippen LogP contribution in [0.1, 0.15) is 24.0 Å². The molecular formula is C13H18O3. The van der Waals surface area contributed by atoms with Gasteiger partial charge in [-0.05, 0) is 31.4 Å². The molecule has 1 N–H and O–H groups in total. The summed E-state index contributed by atoms with van der Waals surface area (Å²) >= 11 is 0. The third-order valence-electron chi connectivity index (χ3n) is 3.17. The summed E-state index contributed by atoms with van der Waals surface area (Å²) in [6, 6.07) is 3.90. The number of hydrogen-bond acceptors (Lipinski definition) is 3. The normalized spacial score (nSPS) is 17.0. The Labute approximate surface area is 96.0 Å². The SMILES string of the molecule is COc1ccc(C)c(OC)c1CC1(O)CC1. The fourth-order valence-electron chi connectivity index (χ4n) is 2.02. The van der Waals surface area contributed by atoms with Crippen LogP contribution in [0.25, 0.3) is 0 Å². The summed E-state index contributed by atoms with van der Waals surface area (Å²) in [5.74, 6) is 1.63. The first-order valence-corrected chi connectivity index (χ1v) is 5.52. The standard InChI is InChI=1S/C13H18O3/c1-9-4-5-11(15-2)10(12(9)16-3)8-13(14)6-7-13/h4-5,14H,6-8H2,1-3H3. The van der Waals surface area contributed by atoms with Crippen LogP contribution in [-0.4, -0.2) is 24.9 Å².